The molecule has 0 spiro atoms. The molecule has 0 radical (unpaired) electrons. The number of ether oxygens (including phenoxy) is 1. The lowest BCUT2D eigenvalue weighted by Gasteiger charge is -2.26. The van der Waals surface area contributed by atoms with Gasteiger partial charge in [-0.3, -0.25) is 4.90 Å². The predicted molar refractivity (Wildman–Crippen MR) is 108 cm³/mol. The second kappa shape index (κ2) is 10.8. The monoisotopic (exact) mass is 388 g/mol. The van der Waals surface area contributed by atoms with E-state index in [1.165, 1.54) is 6.07 Å². The Balaban J connectivity index is 1.50. The number of rotatable bonds is 8. The molecule has 0 unspecified atom stereocenters. The molecule has 0 saturated carbocycles. The predicted octanol–water partition coefficient (Wildman–Crippen LogP) is 1.79. The summed E-state index contributed by atoms with van der Waals surface area (Å²) in [6, 6.07) is 5.18. The first-order chi connectivity index (χ1) is 13.8. The van der Waals surface area contributed by atoms with E-state index in [1.807, 2.05) is 13.0 Å². The van der Waals surface area contributed by atoms with Crippen LogP contribution in [0.5, 0.6) is 0 Å². The molecule has 0 aliphatic carbocycles. The van der Waals surface area contributed by atoms with Crippen LogP contribution in [0.25, 0.3) is 5.69 Å². The topological polar surface area (TPSA) is 66.7 Å². The summed E-state index contributed by atoms with van der Waals surface area (Å²) in [6.45, 7) is 8.80. The molecule has 1 aromatic carbocycles. The van der Waals surface area contributed by atoms with Crippen LogP contribution < -0.4 is 10.6 Å². The van der Waals surface area contributed by atoms with Gasteiger partial charge in [-0.05, 0) is 37.6 Å². The first-order valence-electron chi connectivity index (χ1n) is 9.85. The van der Waals surface area contributed by atoms with Gasteiger partial charge in [0.1, 0.15) is 5.82 Å². The largest absolute Gasteiger partial charge is 0.379 e. The molecule has 3 rings (SSSR count). The van der Waals surface area contributed by atoms with Gasteiger partial charge in [-0.25, -0.2) is 14.4 Å². The van der Waals surface area contributed by atoms with E-state index in [9.17, 15) is 4.39 Å². The smallest absolute Gasteiger partial charge is 0.191 e. The molecule has 1 aromatic heterocycles. The lowest BCUT2D eigenvalue weighted by atomic mass is 10.2. The molecule has 1 fully saturated rings. The Morgan fingerprint density at radius 1 is 1.29 bits per heavy atom. The molecular weight excluding hydrogens is 359 g/mol. The third-order valence-corrected chi connectivity index (χ3v) is 4.61. The van der Waals surface area contributed by atoms with Crippen molar-refractivity contribution in [2.75, 3.05) is 45.9 Å². The highest BCUT2D eigenvalue weighted by Gasteiger charge is 2.09. The standard InChI is InChI=1S/C20H29FN6O/c1-2-23-20(24-6-3-8-26-10-12-28-13-11-26)25-15-17-4-5-19(18(21)14-17)27-9-7-22-16-27/h4-5,7,9,14,16H,2-3,6,8,10-13,15H2,1H3,(H2,23,24,25). The van der Waals surface area contributed by atoms with Crippen molar-refractivity contribution in [2.45, 2.75) is 19.9 Å². The van der Waals surface area contributed by atoms with E-state index < -0.39 is 0 Å². The molecule has 1 aliphatic heterocycles. The Labute approximate surface area is 165 Å². The Bertz CT molecular complexity index is 743. The molecule has 0 amide bonds. The van der Waals surface area contributed by atoms with Crippen LogP contribution in [0.2, 0.25) is 0 Å². The summed E-state index contributed by atoms with van der Waals surface area (Å²) >= 11 is 0. The number of benzene rings is 1. The van der Waals surface area contributed by atoms with Crippen molar-refractivity contribution < 1.29 is 9.13 Å². The molecule has 1 saturated heterocycles. The van der Waals surface area contributed by atoms with Gasteiger partial charge in [0.2, 0.25) is 0 Å². The van der Waals surface area contributed by atoms with Crippen LogP contribution >= 0.6 is 0 Å². The van der Waals surface area contributed by atoms with E-state index in [-0.39, 0.29) is 5.82 Å². The third-order valence-electron chi connectivity index (χ3n) is 4.61. The highest BCUT2D eigenvalue weighted by atomic mass is 19.1. The van der Waals surface area contributed by atoms with E-state index in [2.05, 4.69) is 25.5 Å². The molecule has 7 nitrogen and oxygen atoms in total. The zero-order chi connectivity index (χ0) is 19.6. The Morgan fingerprint density at radius 3 is 2.86 bits per heavy atom. The third kappa shape index (κ3) is 6.03. The first kappa shape index (κ1) is 20.3. The molecule has 28 heavy (non-hydrogen) atoms. The molecule has 152 valence electrons. The van der Waals surface area contributed by atoms with Crippen LogP contribution in [-0.4, -0.2) is 66.3 Å². The molecule has 8 heteroatoms. The number of halogens is 1. The van der Waals surface area contributed by atoms with Crippen molar-refractivity contribution in [1.82, 2.24) is 25.1 Å². The van der Waals surface area contributed by atoms with Gasteiger partial charge >= 0.3 is 0 Å². The molecular formula is C20H29FN6O. The number of nitrogens with zero attached hydrogens (tertiary/aromatic N) is 4. The Kier molecular flexibility index (Phi) is 7.81. The quantitative estimate of drug-likeness (QED) is 0.410. The second-order valence-electron chi connectivity index (χ2n) is 6.69. The zero-order valence-corrected chi connectivity index (χ0v) is 16.4. The number of morpholine rings is 1. The number of guanidine groups is 1. The maximum Gasteiger partial charge on any atom is 0.191 e. The van der Waals surface area contributed by atoms with Gasteiger partial charge in [0.05, 0.1) is 31.8 Å². The van der Waals surface area contributed by atoms with Crippen molar-refractivity contribution >= 4 is 5.96 Å². The number of hydrogen-bond acceptors (Lipinski definition) is 4. The fourth-order valence-electron chi connectivity index (χ4n) is 3.11. The summed E-state index contributed by atoms with van der Waals surface area (Å²) in [4.78, 5) is 10.9. The second-order valence-corrected chi connectivity index (χ2v) is 6.69. The van der Waals surface area contributed by atoms with Crippen LogP contribution in [0.4, 0.5) is 4.39 Å². The van der Waals surface area contributed by atoms with Crippen molar-refractivity contribution in [3.05, 3.63) is 48.3 Å². The first-order valence-corrected chi connectivity index (χ1v) is 9.85. The molecule has 2 aromatic rings. The van der Waals surface area contributed by atoms with E-state index in [0.29, 0.717) is 12.2 Å². The fraction of sp³-hybridized carbons (Fsp3) is 0.500. The average Bonchev–Trinajstić information content (AvgIpc) is 3.24. The number of imidazole rings is 1. The molecule has 0 bridgehead atoms. The Hall–Kier alpha value is -2.45. The lowest BCUT2D eigenvalue weighted by molar-refractivity contribution is 0.0376. The highest BCUT2D eigenvalue weighted by Crippen LogP contribution is 2.15. The SMILES string of the molecule is CCNC(=NCc1ccc(-n2ccnc2)c(F)c1)NCCCN1CCOCC1. The van der Waals surface area contributed by atoms with Crippen molar-refractivity contribution in [1.29, 1.82) is 0 Å². The summed E-state index contributed by atoms with van der Waals surface area (Å²) in [6.07, 6.45) is 5.98. The maximum atomic E-state index is 14.4. The van der Waals surface area contributed by atoms with Crippen LogP contribution in [0.3, 0.4) is 0 Å². The van der Waals surface area contributed by atoms with Crippen LogP contribution in [0.15, 0.2) is 41.9 Å². The minimum Gasteiger partial charge on any atom is -0.379 e. The van der Waals surface area contributed by atoms with Crippen LogP contribution in [-0.2, 0) is 11.3 Å². The summed E-state index contributed by atoms with van der Waals surface area (Å²) in [5.74, 6) is 0.470. The minimum atomic E-state index is -0.283. The van der Waals surface area contributed by atoms with Crippen molar-refractivity contribution in [3.63, 3.8) is 0 Å². The fourth-order valence-corrected chi connectivity index (χ4v) is 3.11. The van der Waals surface area contributed by atoms with E-state index in [1.54, 1.807) is 29.4 Å². The van der Waals surface area contributed by atoms with Gasteiger partial charge in [0.25, 0.3) is 0 Å². The number of aliphatic imine (C=N–C) groups is 1. The average molecular weight is 388 g/mol. The Morgan fingerprint density at radius 2 is 2.14 bits per heavy atom. The van der Waals surface area contributed by atoms with Gasteiger partial charge in [-0.1, -0.05) is 6.07 Å². The van der Waals surface area contributed by atoms with E-state index in [0.717, 1.165) is 63.9 Å². The molecule has 0 atom stereocenters. The van der Waals surface area contributed by atoms with E-state index >= 15 is 0 Å². The van der Waals surface area contributed by atoms with Crippen LogP contribution in [0, 0.1) is 5.82 Å². The summed E-state index contributed by atoms with van der Waals surface area (Å²) in [5, 5.41) is 6.59. The summed E-state index contributed by atoms with van der Waals surface area (Å²) in [5.41, 5.74) is 1.31. The van der Waals surface area contributed by atoms with Crippen molar-refractivity contribution in [2.24, 2.45) is 4.99 Å². The summed E-state index contributed by atoms with van der Waals surface area (Å²) < 4.78 is 21.4. The molecule has 2 N–H and O–H groups in total. The van der Waals surface area contributed by atoms with Gasteiger partial charge in [-0.15, -0.1) is 0 Å². The van der Waals surface area contributed by atoms with Crippen molar-refractivity contribution in [3.8, 4) is 5.69 Å². The molecule has 1 aliphatic rings. The normalized spacial score (nSPS) is 15.6. The van der Waals surface area contributed by atoms with Gasteiger partial charge < -0.3 is 19.9 Å². The van der Waals surface area contributed by atoms with Gasteiger partial charge in [-0.2, -0.15) is 0 Å². The van der Waals surface area contributed by atoms with Gasteiger partial charge in [0.15, 0.2) is 5.96 Å². The van der Waals surface area contributed by atoms with E-state index in [4.69, 9.17) is 4.74 Å². The number of hydrogen-bond donors (Lipinski definition) is 2. The highest BCUT2D eigenvalue weighted by molar-refractivity contribution is 5.79. The maximum absolute atomic E-state index is 14.4. The lowest BCUT2D eigenvalue weighted by Crippen LogP contribution is -2.40. The zero-order valence-electron chi connectivity index (χ0n) is 16.4. The minimum absolute atomic E-state index is 0.283. The van der Waals surface area contributed by atoms with Crippen LogP contribution in [0.1, 0.15) is 18.9 Å². The van der Waals surface area contributed by atoms with Gasteiger partial charge in [0, 0.05) is 38.6 Å². The molecule has 2 heterocycles. The number of aromatic nitrogens is 2. The number of nitrogens with one attached hydrogen (secondary N) is 2. The summed E-state index contributed by atoms with van der Waals surface area (Å²) in [7, 11) is 0.